The first-order chi connectivity index (χ1) is 12.2. The van der Waals surface area contributed by atoms with Crippen molar-refractivity contribution in [2.45, 2.75) is 65.4 Å². The lowest BCUT2D eigenvalue weighted by Gasteiger charge is -2.30. The summed E-state index contributed by atoms with van der Waals surface area (Å²) in [7, 11) is 0. The number of carbonyl (C=O) groups is 1. The third-order valence-electron chi connectivity index (χ3n) is 5.27. The van der Waals surface area contributed by atoms with Crippen molar-refractivity contribution >= 4 is 5.97 Å². The van der Waals surface area contributed by atoms with Crippen molar-refractivity contribution in [2.75, 3.05) is 0 Å². The molecule has 0 saturated heterocycles. The lowest BCUT2D eigenvalue weighted by atomic mass is 9.78. The van der Waals surface area contributed by atoms with Crippen LogP contribution in [0.2, 0.25) is 0 Å². The average Bonchev–Trinajstić information content (AvgIpc) is 2.62. The lowest BCUT2D eigenvalue weighted by Crippen LogP contribution is -2.30. The van der Waals surface area contributed by atoms with Crippen LogP contribution in [0.3, 0.4) is 0 Å². The van der Waals surface area contributed by atoms with E-state index >= 15 is 0 Å². The average molecular weight is 354 g/mol. The summed E-state index contributed by atoms with van der Waals surface area (Å²) in [5.41, 5.74) is 2.09. The standard InChI is InChI=1S/C23H30O3/c1-7-23(6,8-2)26-21-15-11-19(12-16-21)22(4,5)18-9-13-20(14-10-18)25-17(3)24/h9-16H,7-8H2,1-6H3. The minimum Gasteiger partial charge on any atom is -0.488 e. The first-order valence-corrected chi connectivity index (χ1v) is 9.28. The number of hydrogen-bond donors (Lipinski definition) is 0. The molecule has 0 bridgehead atoms. The first kappa shape index (κ1) is 20.0. The van der Waals surface area contributed by atoms with Crippen LogP contribution in [0, 0.1) is 0 Å². The summed E-state index contributed by atoms with van der Waals surface area (Å²) in [4.78, 5) is 11.1. The molecule has 2 rings (SSSR count). The van der Waals surface area contributed by atoms with Gasteiger partial charge in [0.15, 0.2) is 0 Å². The maximum atomic E-state index is 11.1. The van der Waals surface area contributed by atoms with Gasteiger partial charge < -0.3 is 9.47 Å². The van der Waals surface area contributed by atoms with Crippen LogP contribution in [-0.4, -0.2) is 11.6 Å². The topological polar surface area (TPSA) is 35.5 Å². The van der Waals surface area contributed by atoms with Crippen molar-refractivity contribution in [3.05, 3.63) is 59.7 Å². The molecular weight excluding hydrogens is 324 g/mol. The lowest BCUT2D eigenvalue weighted by molar-refractivity contribution is -0.131. The predicted molar refractivity (Wildman–Crippen MR) is 106 cm³/mol. The van der Waals surface area contributed by atoms with Crippen LogP contribution in [0.4, 0.5) is 0 Å². The molecule has 0 saturated carbocycles. The van der Waals surface area contributed by atoms with Gasteiger partial charge in [0.1, 0.15) is 17.1 Å². The van der Waals surface area contributed by atoms with E-state index in [-0.39, 0.29) is 17.0 Å². The van der Waals surface area contributed by atoms with Crippen LogP contribution in [0.15, 0.2) is 48.5 Å². The Morgan fingerprint density at radius 3 is 1.62 bits per heavy atom. The zero-order chi connectivity index (χ0) is 19.4. The van der Waals surface area contributed by atoms with Gasteiger partial charge in [-0.15, -0.1) is 0 Å². The molecule has 0 aliphatic carbocycles. The van der Waals surface area contributed by atoms with Crippen molar-refractivity contribution in [3.63, 3.8) is 0 Å². The van der Waals surface area contributed by atoms with E-state index in [0.29, 0.717) is 5.75 Å². The largest absolute Gasteiger partial charge is 0.488 e. The Kier molecular flexibility index (Phi) is 6.12. The second-order valence-corrected chi connectivity index (χ2v) is 7.53. The molecule has 0 amide bonds. The van der Waals surface area contributed by atoms with Crippen molar-refractivity contribution in [3.8, 4) is 11.5 Å². The van der Waals surface area contributed by atoms with E-state index in [1.54, 1.807) is 0 Å². The number of carbonyl (C=O) groups excluding carboxylic acids is 1. The Hall–Kier alpha value is -2.29. The number of benzene rings is 2. The van der Waals surface area contributed by atoms with Gasteiger partial charge in [0, 0.05) is 12.3 Å². The summed E-state index contributed by atoms with van der Waals surface area (Å²) in [6.07, 6.45) is 1.96. The van der Waals surface area contributed by atoms with E-state index in [1.165, 1.54) is 12.5 Å². The summed E-state index contributed by atoms with van der Waals surface area (Å²) < 4.78 is 11.3. The molecule has 0 fully saturated rings. The Bertz CT molecular complexity index is 723. The Morgan fingerprint density at radius 1 is 0.808 bits per heavy atom. The fourth-order valence-corrected chi connectivity index (χ4v) is 2.89. The number of ether oxygens (including phenoxy) is 2. The van der Waals surface area contributed by atoms with Crippen LogP contribution in [0.25, 0.3) is 0 Å². The monoisotopic (exact) mass is 354 g/mol. The Morgan fingerprint density at radius 2 is 1.23 bits per heavy atom. The molecule has 0 heterocycles. The molecule has 26 heavy (non-hydrogen) atoms. The van der Waals surface area contributed by atoms with Crippen molar-refractivity contribution in [1.82, 2.24) is 0 Å². The van der Waals surface area contributed by atoms with Crippen molar-refractivity contribution in [1.29, 1.82) is 0 Å². The fraction of sp³-hybridized carbons (Fsp3) is 0.435. The molecule has 140 valence electrons. The van der Waals surface area contributed by atoms with E-state index in [9.17, 15) is 4.79 Å². The molecule has 2 aromatic rings. The highest BCUT2D eigenvalue weighted by atomic mass is 16.5. The highest BCUT2D eigenvalue weighted by Crippen LogP contribution is 2.34. The second-order valence-electron chi connectivity index (χ2n) is 7.53. The number of esters is 1. The normalized spacial score (nSPS) is 11.9. The Balaban J connectivity index is 2.19. The van der Waals surface area contributed by atoms with Gasteiger partial charge in [-0.2, -0.15) is 0 Å². The zero-order valence-corrected chi connectivity index (χ0v) is 16.8. The molecule has 0 spiro atoms. The van der Waals surface area contributed by atoms with Gasteiger partial charge in [-0.3, -0.25) is 4.79 Å². The highest BCUT2D eigenvalue weighted by molar-refractivity contribution is 5.69. The summed E-state index contributed by atoms with van der Waals surface area (Å²) in [6.45, 7) is 12.2. The van der Waals surface area contributed by atoms with E-state index in [2.05, 4.69) is 46.8 Å². The maximum absolute atomic E-state index is 11.1. The van der Waals surface area contributed by atoms with Gasteiger partial charge >= 0.3 is 5.97 Å². The summed E-state index contributed by atoms with van der Waals surface area (Å²) >= 11 is 0. The van der Waals surface area contributed by atoms with Crippen LogP contribution >= 0.6 is 0 Å². The first-order valence-electron chi connectivity index (χ1n) is 9.28. The number of rotatable bonds is 7. The SMILES string of the molecule is CCC(C)(CC)Oc1ccc(C(C)(C)c2ccc(OC(C)=O)cc2)cc1. The molecular formula is C23H30O3. The zero-order valence-electron chi connectivity index (χ0n) is 16.8. The Labute approximate surface area is 157 Å². The molecule has 0 N–H and O–H groups in total. The summed E-state index contributed by atoms with van der Waals surface area (Å²) in [5, 5.41) is 0. The smallest absolute Gasteiger partial charge is 0.308 e. The molecule has 0 atom stereocenters. The van der Waals surface area contributed by atoms with Gasteiger partial charge in [-0.05, 0) is 55.2 Å². The summed E-state index contributed by atoms with van der Waals surface area (Å²) in [6, 6.07) is 16.0. The molecule has 3 heteroatoms. The van der Waals surface area contributed by atoms with Crippen molar-refractivity contribution < 1.29 is 14.3 Å². The number of hydrogen-bond acceptors (Lipinski definition) is 3. The molecule has 0 radical (unpaired) electrons. The van der Waals surface area contributed by atoms with Gasteiger partial charge in [0.05, 0.1) is 0 Å². The van der Waals surface area contributed by atoms with Crippen LogP contribution in [-0.2, 0) is 10.2 Å². The van der Waals surface area contributed by atoms with Crippen LogP contribution in [0.5, 0.6) is 11.5 Å². The van der Waals surface area contributed by atoms with Crippen LogP contribution in [0.1, 0.15) is 65.5 Å². The highest BCUT2D eigenvalue weighted by Gasteiger charge is 2.25. The molecule has 0 unspecified atom stereocenters. The van der Waals surface area contributed by atoms with Crippen molar-refractivity contribution in [2.24, 2.45) is 0 Å². The molecule has 0 aromatic heterocycles. The van der Waals surface area contributed by atoms with Crippen LogP contribution < -0.4 is 9.47 Å². The quantitative estimate of drug-likeness (QED) is 0.459. The maximum Gasteiger partial charge on any atom is 0.308 e. The van der Waals surface area contributed by atoms with E-state index in [1.807, 2.05) is 36.4 Å². The van der Waals surface area contributed by atoms with Gasteiger partial charge in [0.25, 0.3) is 0 Å². The second kappa shape index (κ2) is 7.94. The molecule has 0 aliphatic heterocycles. The van der Waals surface area contributed by atoms with Gasteiger partial charge in [-0.25, -0.2) is 0 Å². The van der Waals surface area contributed by atoms with E-state index in [4.69, 9.17) is 9.47 Å². The van der Waals surface area contributed by atoms with Gasteiger partial charge in [-0.1, -0.05) is 52.0 Å². The summed E-state index contributed by atoms with van der Waals surface area (Å²) in [5.74, 6) is 1.17. The van der Waals surface area contributed by atoms with Gasteiger partial charge in [0.2, 0.25) is 0 Å². The fourth-order valence-electron chi connectivity index (χ4n) is 2.89. The molecule has 3 nitrogen and oxygen atoms in total. The minimum absolute atomic E-state index is 0.121. The third kappa shape index (κ3) is 4.66. The third-order valence-corrected chi connectivity index (χ3v) is 5.27. The predicted octanol–water partition coefficient (Wildman–Crippen LogP) is 5.90. The molecule has 0 aliphatic rings. The van der Waals surface area contributed by atoms with E-state index in [0.717, 1.165) is 24.2 Å². The minimum atomic E-state index is -0.307. The molecule has 2 aromatic carbocycles. The van der Waals surface area contributed by atoms with E-state index < -0.39 is 0 Å².